The van der Waals surface area contributed by atoms with Crippen molar-refractivity contribution in [2.45, 2.75) is 25.0 Å². The summed E-state index contributed by atoms with van der Waals surface area (Å²) in [7, 11) is 1.64. The van der Waals surface area contributed by atoms with Gasteiger partial charge in [-0.2, -0.15) is 0 Å². The monoisotopic (exact) mass is 410 g/mol. The highest BCUT2D eigenvalue weighted by Crippen LogP contribution is 2.32. The van der Waals surface area contributed by atoms with Gasteiger partial charge in [-0.05, 0) is 18.2 Å². The average molecular weight is 411 g/mol. The van der Waals surface area contributed by atoms with E-state index in [4.69, 9.17) is 36.3 Å². The number of benzene rings is 1. The second-order valence-electron chi connectivity index (χ2n) is 6.55. The molecule has 1 aromatic carbocycles. The Morgan fingerprint density at radius 1 is 1.14 bits per heavy atom. The van der Waals surface area contributed by atoms with E-state index < -0.39 is 5.82 Å². The topological polar surface area (TPSA) is 75.8 Å². The summed E-state index contributed by atoms with van der Waals surface area (Å²) in [5.41, 5.74) is 6.77. The number of methoxy groups -OCH3 is 1. The zero-order chi connectivity index (χ0) is 19.9. The SMILES string of the molecule is COCCOCCOC1CC(Oc2ccc(-c3cc(F)c(N)cc3Cl)cn2)C1. The molecule has 1 fully saturated rings. The Kier molecular flexibility index (Phi) is 7.44. The van der Waals surface area contributed by atoms with Crippen molar-refractivity contribution in [3.63, 3.8) is 0 Å². The predicted molar refractivity (Wildman–Crippen MR) is 105 cm³/mol. The highest BCUT2D eigenvalue weighted by molar-refractivity contribution is 6.33. The summed E-state index contributed by atoms with van der Waals surface area (Å²) in [4.78, 5) is 4.29. The summed E-state index contributed by atoms with van der Waals surface area (Å²) in [5, 5.41) is 0.375. The van der Waals surface area contributed by atoms with E-state index in [0.29, 0.717) is 48.5 Å². The van der Waals surface area contributed by atoms with Crippen LogP contribution in [-0.4, -0.2) is 50.7 Å². The van der Waals surface area contributed by atoms with Crippen LogP contribution in [0.5, 0.6) is 5.88 Å². The summed E-state index contributed by atoms with van der Waals surface area (Å²) in [6.45, 7) is 2.28. The summed E-state index contributed by atoms with van der Waals surface area (Å²) in [5.74, 6) is 0.00599. The average Bonchev–Trinajstić information content (AvgIpc) is 2.65. The molecule has 3 rings (SSSR count). The van der Waals surface area contributed by atoms with E-state index in [1.807, 2.05) is 0 Å². The smallest absolute Gasteiger partial charge is 0.213 e. The molecular weight excluding hydrogens is 387 g/mol. The molecule has 0 saturated heterocycles. The third kappa shape index (κ3) is 5.54. The molecule has 0 spiro atoms. The van der Waals surface area contributed by atoms with Crippen molar-refractivity contribution in [1.29, 1.82) is 0 Å². The van der Waals surface area contributed by atoms with Crippen LogP contribution < -0.4 is 10.5 Å². The molecule has 152 valence electrons. The third-order valence-corrected chi connectivity index (χ3v) is 4.80. The Bertz CT molecular complexity index is 770. The van der Waals surface area contributed by atoms with E-state index in [9.17, 15) is 4.39 Å². The maximum Gasteiger partial charge on any atom is 0.213 e. The Balaban J connectivity index is 1.42. The Hall–Kier alpha value is -1.93. The minimum atomic E-state index is -0.510. The molecule has 1 aromatic heterocycles. The Morgan fingerprint density at radius 2 is 1.93 bits per heavy atom. The summed E-state index contributed by atoms with van der Waals surface area (Å²) >= 11 is 6.15. The molecule has 2 aromatic rings. The van der Waals surface area contributed by atoms with Gasteiger partial charge in [-0.15, -0.1) is 0 Å². The van der Waals surface area contributed by atoms with Gasteiger partial charge in [-0.1, -0.05) is 11.6 Å². The predicted octanol–water partition coefficient (Wildman–Crippen LogP) is 3.71. The number of aromatic nitrogens is 1. The van der Waals surface area contributed by atoms with Gasteiger partial charge in [0.15, 0.2) is 0 Å². The Labute approximate surface area is 168 Å². The van der Waals surface area contributed by atoms with Crippen LogP contribution in [0.15, 0.2) is 30.5 Å². The molecule has 1 aliphatic carbocycles. The maximum absolute atomic E-state index is 13.7. The number of hydrogen-bond donors (Lipinski definition) is 1. The first-order valence-electron chi connectivity index (χ1n) is 9.12. The number of ether oxygens (including phenoxy) is 4. The van der Waals surface area contributed by atoms with Gasteiger partial charge in [0.1, 0.15) is 11.9 Å². The van der Waals surface area contributed by atoms with E-state index in [1.165, 1.54) is 12.1 Å². The second kappa shape index (κ2) is 10.0. The number of nitrogens with two attached hydrogens (primary N) is 1. The first kappa shape index (κ1) is 20.8. The number of halogens is 2. The van der Waals surface area contributed by atoms with Gasteiger partial charge >= 0.3 is 0 Å². The van der Waals surface area contributed by atoms with E-state index in [2.05, 4.69) is 4.98 Å². The lowest BCUT2D eigenvalue weighted by Crippen LogP contribution is -2.40. The first-order valence-corrected chi connectivity index (χ1v) is 9.50. The molecule has 0 aliphatic heterocycles. The molecule has 0 radical (unpaired) electrons. The van der Waals surface area contributed by atoms with Crippen LogP contribution in [0.25, 0.3) is 11.1 Å². The minimum Gasteiger partial charge on any atom is -0.474 e. The minimum absolute atomic E-state index is 0.0185. The number of nitrogens with zero attached hydrogens (tertiary/aromatic N) is 1. The molecule has 1 saturated carbocycles. The molecular formula is C20H24ClFN2O4. The molecule has 0 bridgehead atoms. The fourth-order valence-electron chi connectivity index (χ4n) is 2.83. The van der Waals surface area contributed by atoms with Crippen molar-refractivity contribution in [3.8, 4) is 17.0 Å². The fraction of sp³-hybridized carbons (Fsp3) is 0.450. The number of anilines is 1. The van der Waals surface area contributed by atoms with Gasteiger partial charge in [-0.3, -0.25) is 0 Å². The van der Waals surface area contributed by atoms with Crippen LogP contribution in [0.4, 0.5) is 10.1 Å². The molecule has 0 amide bonds. The zero-order valence-corrected chi connectivity index (χ0v) is 16.5. The zero-order valence-electron chi connectivity index (χ0n) is 15.7. The van der Waals surface area contributed by atoms with E-state index in [-0.39, 0.29) is 17.9 Å². The van der Waals surface area contributed by atoms with Gasteiger partial charge in [0.05, 0.1) is 43.2 Å². The van der Waals surface area contributed by atoms with Crippen molar-refractivity contribution in [1.82, 2.24) is 4.98 Å². The van der Waals surface area contributed by atoms with Crippen molar-refractivity contribution in [2.75, 3.05) is 39.3 Å². The largest absolute Gasteiger partial charge is 0.474 e. The first-order chi connectivity index (χ1) is 13.6. The lowest BCUT2D eigenvalue weighted by Gasteiger charge is -2.34. The van der Waals surface area contributed by atoms with Gasteiger partial charge in [0.2, 0.25) is 5.88 Å². The number of nitrogen functional groups attached to an aromatic ring is 1. The molecule has 28 heavy (non-hydrogen) atoms. The lowest BCUT2D eigenvalue weighted by molar-refractivity contribution is -0.0783. The van der Waals surface area contributed by atoms with Gasteiger partial charge in [0, 0.05) is 43.3 Å². The number of rotatable bonds is 10. The van der Waals surface area contributed by atoms with Gasteiger partial charge in [0.25, 0.3) is 0 Å². The second-order valence-corrected chi connectivity index (χ2v) is 6.96. The highest BCUT2D eigenvalue weighted by Gasteiger charge is 2.31. The van der Waals surface area contributed by atoms with Gasteiger partial charge in [-0.25, -0.2) is 9.37 Å². The molecule has 0 unspecified atom stereocenters. The quantitative estimate of drug-likeness (QED) is 0.475. The van der Waals surface area contributed by atoms with Crippen molar-refractivity contribution in [3.05, 3.63) is 41.3 Å². The van der Waals surface area contributed by atoms with Crippen LogP contribution in [0, 0.1) is 5.82 Å². The van der Waals surface area contributed by atoms with E-state index in [1.54, 1.807) is 25.4 Å². The molecule has 0 atom stereocenters. The molecule has 2 N–H and O–H groups in total. The highest BCUT2D eigenvalue weighted by atomic mass is 35.5. The molecule has 6 nitrogen and oxygen atoms in total. The number of pyridine rings is 1. The lowest BCUT2D eigenvalue weighted by atomic mass is 9.92. The van der Waals surface area contributed by atoms with Crippen LogP contribution in [0.2, 0.25) is 5.02 Å². The van der Waals surface area contributed by atoms with Crippen LogP contribution in [0.1, 0.15) is 12.8 Å². The summed E-state index contributed by atoms with van der Waals surface area (Å²) < 4.78 is 35.5. The molecule has 8 heteroatoms. The molecule has 1 heterocycles. The van der Waals surface area contributed by atoms with Crippen molar-refractivity contribution < 1.29 is 23.3 Å². The Morgan fingerprint density at radius 3 is 2.64 bits per heavy atom. The van der Waals surface area contributed by atoms with E-state index >= 15 is 0 Å². The van der Waals surface area contributed by atoms with Gasteiger partial charge < -0.3 is 24.7 Å². The normalized spacial score (nSPS) is 18.7. The van der Waals surface area contributed by atoms with Crippen molar-refractivity contribution >= 4 is 17.3 Å². The third-order valence-electron chi connectivity index (χ3n) is 4.49. The van der Waals surface area contributed by atoms with E-state index in [0.717, 1.165) is 12.8 Å². The van der Waals surface area contributed by atoms with Crippen molar-refractivity contribution in [2.24, 2.45) is 0 Å². The maximum atomic E-state index is 13.7. The van der Waals surface area contributed by atoms with Crippen LogP contribution in [-0.2, 0) is 14.2 Å². The van der Waals surface area contributed by atoms with Crippen LogP contribution in [0.3, 0.4) is 0 Å². The standard InChI is InChI=1S/C20H24ClFN2O4/c1-25-4-5-26-6-7-27-14-8-15(9-14)28-20-3-2-13(12-24-20)16-10-18(22)19(23)11-17(16)21/h2-3,10-12,14-15H,4-9,23H2,1H3. The molecule has 1 aliphatic rings. The fourth-order valence-corrected chi connectivity index (χ4v) is 3.11. The number of hydrogen-bond acceptors (Lipinski definition) is 6. The van der Waals surface area contributed by atoms with Crippen LogP contribution >= 0.6 is 11.6 Å². The summed E-state index contributed by atoms with van der Waals surface area (Å²) in [6, 6.07) is 6.25. The summed E-state index contributed by atoms with van der Waals surface area (Å²) in [6.07, 6.45) is 3.51.